The minimum Gasteiger partial charge on any atom is -0.480 e. The van der Waals surface area contributed by atoms with Crippen LogP contribution in [0.2, 0.25) is 0 Å². The first-order valence-corrected chi connectivity index (χ1v) is 3.59. The fourth-order valence-corrected chi connectivity index (χ4v) is 0.680. The lowest BCUT2D eigenvalue weighted by atomic mass is 10.3. The molecule has 1 saturated heterocycles. The van der Waals surface area contributed by atoms with E-state index in [9.17, 15) is 0 Å². The second-order valence-electron chi connectivity index (χ2n) is 2.23. The summed E-state index contributed by atoms with van der Waals surface area (Å²) < 4.78 is 5.03. The maximum absolute atomic E-state index is 5.03. The maximum Gasteiger partial charge on any atom is 0.186 e. The summed E-state index contributed by atoms with van der Waals surface area (Å²) in [6.07, 6.45) is 3.47. The second-order valence-corrected chi connectivity index (χ2v) is 2.23. The minimum atomic E-state index is 0.880. The molecule has 0 unspecified atom stereocenters. The molecule has 0 atom stereocenters. The van der Waals surface area contributed by atoms with Gasteiger partial charge in [0.05, 0.1) is 13.0 Å². The predicted molar refractivity (Wildman–Crippen MR) is 37.8 cm³/mol. The number of ether oxygens (including phenoxy) is 1. The Morgan fingerprint density at radius 1 is 1.67 bits per heavy atom. The smallest absolute Gasteiger partial charge is 0.186 e. The molecule has 0 amide bonds. The lowest BCUT2D eigenvalue weighted by Gasteiger charge is -2.16. The van der Waals surface area contributed by atoms with Gasteiger partial charge in [-0.2, -0.15) is 0 Å². The van der Waals surface area contributed by atoms with E-state index >= 15 is 0 Å². The van der Waals surface area contributed by atoms with Crippen molar-refractivity contribution in [1.82, 2.24) is 0 Å². The number of nitrogens with zero attached hydrogens (tertiary/aromatic N) is 1. The number of aliphatic imine (C=N–C) groups is 1. The van der Waals surface area contributed by atoms with Gasteiger partial charge in [-0.3, -0.25) is 4.99 Å². The molecule has 1 aliphatic rings. The van der Waals surface area contributed by atoms with Crippen LogP contribution in [-0.2, 0) is 4.74 Å². The quantitative estimate of drug-likeness (QED) is 0.528. The van der Waals surface area contributed by atoms with E-state index in [4.69, 9.17) is 4.74 Å². The third-order valence-corrected chi connectivity index (χ3v) is 1.38. The standard InChI is InChI=1S/C7H13NO/c1-2-3-5-8-7-4-6-9-7/h2-6H2,1H3. The van der Waals surface area contributed by atoms with Crippen molar-refractivity contribution in [3.63, 3.8) is 0 Å². The van der Waals surface area contributed by atoms with Gasteiger partial charge in [-0.15, -0.1) is 0 Å². The summed E-state index contributed by atoms with van der Waals surface area (Å²) in [6.45, 7) is 4.00. The van der Waals surface area contributed by atoms with Crippen LogP contribution in [0.5, 0.6) is 0 Å². The van der Waals surface area contributed by atoms with Gasteiger partial charge >= 0.3 is 0 Å². The minimum absolute atomic E-state index is 0.880. The van der Waals surface area contributed by atoms with Crippen LogP contribution in [0.4, 0.5) is 0 Å². The monoisotopic (exact) mass is 127 g/mol. The molecule has 0 aromatic heterocycles. The van der Waals surface area contributed by atoms with Crippen LogP contribution in [0.1, 0.15) is 26.2 Å². The Morgan fingerprint density at radius 2 is 2.44 bits per heavy atom. The molecule has 0 aromatic rings. The van der Waals surface area contributed by atoms with Gasteiger partial charge in [0.1, 0.15) is 0 Å². The zero-order valence-corrected chi connectivity index (χ0v) is 5.89. The second kappa shape index (κ2) is 3.49. The third-order valence-electron chi connectivity index (χ3n) is 1.38. The highest BCUT2D eigenvalue weighted by molar-refractivity contribution is 5.80. The van der Waals surface area contributed by atoms with Crippen molar-refractivity contribution >= 4 is 5.90 Å². The van der Waals surface area contributed by atoms with Crippen LogP contribution in [-0.4, -0.2) is 19.0 Å². The van der Waals surface area contributed by atoms with Crippen molar-refractivity contribution in [2.24, 2.45) is 4.99 Å². The molecule has 0 radical (unpaired) electrons. The maximum atomic E-state index is 5.03. The van der Waals surface area contributed by atoms with Crippen molar-refractivity contribution in [2.75, 3.05) is 13.2 Å². The van der Waals surface area contributed by atoms with Crippen LogP contribution >= 0.6 is 0 Å². The molecule has 0 N–H and O–H groups in total. The van der Waals surface area contributed by atoms with Gasteiger partial charge in [0.25, 0.3) is 0 Å². The fraction of sp³-hybridized carbons (Fsp3) is 0.857. The Balaban J connectivity index is 2.01. The third kappa shape index (κ3) is 2.04. The summed E-state index contributed by atoms with van der Waals surface area (Å²) in [5.74, 6) is 0.962. The van der Waals surface area contributed by atoms with Crippen molar-refractivity contribution < 1.29 is 4.74 Å². The van der Waals surface area contributed by atoms with E-state index in [1.54, 1.807) is 0 Å². The van der Waals surface area contributed by atoms with E-state index < -0.39 is 0 Å². The Bertz CT molecular complexity index is 103. The highest BCUT2D eigenvalue weighted by Crippen LogP contribution is 2.03. The first-order valence-electron chi connectivity index (χ1n) is 3.59. The summed E-state index contributed by atoms with van der Waals surface area (Å²) in [5.41, 5.74) is 0. The molecule has 52 valence electrons. The Morgan fingerprint density at radius 3 is 2.89 bits per heavy atom. The SMILES string of the molecule is CCCCN=C1CCO1. The topological polar surface area (TPSA) is 21.6 Å². The molecule has 0 spiro atoms. The highest BCUT2D eigenvalue weighted by atomic mass is 16.5. The van der Waals surface area contributed by atoms with Crippen LogP contribution in [0.25, 0.3) is 0 Å². The number of unbranched alkanes of at least 4 members (excludes halogenated alkanes) is 1. The predicted octanol–water partition coefficient (Wildman–Crippen LogP) is 1.61. The number of hydrogen-bond acceptors (Lipinski definition) is 2. The Hall–Kier alpha value is -0.530. The molecule has 9 heavy (non-hydrogen) atoms. The summed E-state index contributed by atoms with van der Waals surface area (Å²) in [4.78, 5) is 4.21. The zero-order valence-electron chi connectivity index (χ0n) is 5.89. The summed E-state index contributed by atoms with van der Waals surface area (Å²) in [5, 5.41) is 0. The molecule has 0 bridgehead atoms. The van der Waals surface area contributed by atoms with Crippen LogP contribution in [0.3, 0.4) is 0 Å². The summed E-state index contributed by atoms with van der Waals surface area (Å²) in [7, 11) is 0. The van der Waals surface area contributed by atoms with Gasteiger partial charge in [0.15, 0.2) is 5.90 Å². The van der Waals surface area contributed by atoms with E-state index in [0.29, 0.717) is 0 Å². The zero-order chi connectivity index (χ0) is 6.53. The molecule has 0 saturated carbocycles. The van der Waals surface area contributed by atoms with Crippen LogP contribution < -0.4 is 0 Å². The first-order chi connectivity index (χ1) is 4.43. The molecular formula is C7H13NO. The van der Waals surface area contributed by atoms with Crippen molar-refractivity contribution in [3.8, 4) is 0 Å². The lowest BCUT2D eigenvalue weighted by molar-refractivity contribution is 0.233. The van der Waals surface area contributed by atoms with Crippen LogP contribution in [0, 0.1) is 0 Å². The molecule has 0 aliphatic carbocycles. The summed E-state index contributed by atoms with van der Waals surface area (Å²) in [6, 6.07) is 0. The van der Waals surface area contributed by atoms with E-state index in [2.05, 4.69) is 11.9 Å². The molecule has 1 fully saturated rings. The average Bonchev–Trinajstić information content (AvgIpc) is 1.76. The first kappa shape index (κ1) is 6.59. The molecule has 2 nitrogen and oxygen atoms in total. The van der Waals surface area contributed by atoms with Crippen molar-refractivity contribution in [2.45, 2.75) is 26.2 Å². The molecular weight excluding hydrogens is 114 g/mol. The molecule has 2 heteroatoms. The molecule has 1 aliphatic heterocycles. The Kier molecular flexibility index (Phi) is 2.55. The molecule has 1 heterocycles. The van der Waals surface area contributed by atoms with Gasteiger partial charge in [-0.25, -0.2) is 0 Å². The van der Waals surface area contributed by atoms with Crippen molar-refractivity contribution in [3.05, 3.63) is 0 Å². The van der Waals surface area contributed by atoms with Gasteiger partial charge in [-0.1, -0.05) is 13.3 Å². The number of rotatable bonds is 3. The van der Waals surface area contributed by atoms with E-state index in [1.807, 2.05) is 0 Å². The largest absolute Gasteiger partial charge is 0.480 e. The van der Waals surface area contributed by atoms with Gasteiger partial charge in [0.2, 0.25) is 0 Å². The normalized spacial score (nSPS) is 21.2. The highest BCUT2D eigenvalue weighted by Gasteiger charge is 2.09. The van der Waals surface area contributed by atoms with Gasteiger partial charge in [-0.05, 0) is 6.42 Å². The van der Waals surface area contributed by atoms with Gasteiger partial charge in [0, 0.05) is 6.54 Å². The summed E-state index contributed by atoms with van der Waals surface area (Å²) >= 11 is 0. The van der Waals surface area contributed by atoms with E-state index in [-0.39, 0.29) is 0 Å². The van der Waals surface area contributed by atoms with E-state index in [1.165, 1.54) is 12.8 Å². The average molecular weight is 127 g/mol. The Labute approximate surface area is 55.9 Å². The molecule has 0 aromatic carbocycles. The van der Waals surface area contributed by atoms with Crippen molar-refractivity contribution in [1.29, 1.82) is 0 Å². The molecule has 1 rings (SSSR count). The lowest BCUT2D eigenvalue weighted by Crippen LogP contribution is -2.20. The number of hydrogen-bond donors (Lipinski definition) is 0. The fourth-order valence-electron chi connectivity index (χ4n) is 0.680. The van der Waals surface area contributed by atoms with E-state index in [0.717, 1.165) is 25.5 Å². The van der Waals surface area contributed by atoms with Gasteiger partial charge < -0.3 is 4.74 Å². The van der Waals surface area contributed by atoms with Crippen LogP contribution in [0.15, 0.2) is 4.99 Å².